The molecule has 0 unspecified atom stereocenters. The molecule has 2 heterocycles. The standard InChI is InChI=1S/C22H18ClN5/c1-15-22(18-5-6-19(12-24)21(23)11-18)16(2)28(26-15)13-17-3-7-20(8-4-17)27-10-9-25-14-27/h3-11,14H,13H2,1-2H3. The number of aromatic nitrogens is 4. The van der Waals surface area contributed by atoms with Crippen LogP contribution in [0.1, 0.15) is 22.5 Å². The molecule has 4 rings (SSSR count). The van der Waals surface area contributed by atoms with Crippen molar-refractivity contribution in [1.82, 2.24) is 19.3 Å². The Morgan fingerprint density at radius 3 is 2.54 bits per heavy atom. The third kappa shape index (κ3) is 3.30. The van der Waals surface area contributed by atoms with E-state index in [9.17, 15) is 0 Å². The van der Waals surface area contributed by atoms with E-state index in [1.807, 2.05) is 34.5 Å². The van der Waals surface area contributed by atoms with Gasteiger partial charge in [0, 0.05) is 29.3 Å². The number of halogens is 1. The fraction of sp³-hybridized carbons (Fsp3) is 0.136. The molecule has 6 heteroatoms. The Hall–Kier alpha value is -3.36. The van der Waals surface area contributed by atoms with Crippen LogP contribution in [0.4, 0.5) is 0 Å². The summed E-state index contributed by atoms with van der Waals surface area (Å²) < 4.78 is 3.98. The largest absolute Gasteiger partial charge is 0.306 e. The molecule has 0 aliphatic carbocycles. The topological polar surface area (TPSA) is 59.4 Å². The highest BCUT2D eigenvalue weighted by molar-refractivity contribution is 6.32. The maximum absolute atomic E-state index is 9.08. The minimum atomic E-state index is 0.460. The molecule has 0 saturated carbocycles. The predicted molar refractivity (Wildman–Crippen MR) is 110 cm³/mol. The Bertz CT molecular complexity index is 1170. The van der Waals surface area contributed by atoms with Crippen LogP contribution in [0.2, 0.25) is 5.02 Å². The zero-order chi connectivity index (χ0) is 19.7. The second-order valence-electron chi connectivity index (χ2n) is 6.65. The Morgan fingerprint density at radius 1 is 1.11 bits per heavy atom. The summed E-state index contributed by atoms with van der Waals surface area (Å²) in [7, 11) is 0. The van der Waals surface area contributed by atoms with E-state index in [-0.39, 0.29) is 0 Å². The van der Waals surface area contributed by atoms with Crippen LogP contribution in [0.3, 0.4) is 0 Å². The molecule has 0 aliphatic heterocycles. The van der Waals surface area contributed by atoms with E-state index >= 15 is 0 Å². The quantitative estimate of drug-likeness (QED) is 0.499. The second kappa shape index (κ2) is 7.34. The van der Waals surface area contributed by atoms with Crippen LogP contribution in [0, 0.1) is 25.2 Å². The van der Waals surface area contributed by atoms with E-state index in [1.54, 1.807) is 18.6 Å². The van der Waals surface area contributed by atoms with Gasteiger partial charge >= 0.3 is 0 Å². The maximum Gasteiger partial charge on any atom is 0.101 e. The summed E-state index contributed by atoms with van der Waals surface area (Å²) in [5.74, 6) is 0. The number of hydrogen-bond donors (Lipinski definition) is 0. The lowest BCUT2D eigenvalue weighted by Gasteiger charge is -2.08. The maximum atomic E-state index is 9.08. The normalized spacial score (nSPS) is 10.8. The van der Waals surface area contributed by atoms with Crippen LogP contribution in [-0.4, -0.2) is 19.3 Å². The van der Waals surface area contributed by atoms with Crippen LogP contribution >= 0.6 is 11.6 Å². The smallest absolute Gasteiger partial charge is 0.101 e. The lowest BCUT2D eigenvalue weighted by atomic mass is 10.0. The van der Waals surface area contributed by atoms with Crippen molar-refractivity contribution < 1.29 is 0 Å². The molecule has 0 bridgehead atoms. The number of nitriles is 1. The van der Waals surface area contributed by atoms with E-state index in [4.69, 9.17) is 22.0 Å². The van der Waals surface area contributed by atoms with Gasteiger partial charge in [-0.05, 0) is 49.2 Å². The molecule has 0 radical (unpaired) electrons. The molecule has 5 nitrogen and oxygen atoms in total. The van der Waals surface area contributed by atoms with Crippen molar-refractivity contribution in [2.75, 3.05) is 0 Å². The van der Waals surface area contributed by atoms with Gasteiger partial charge in [0.1, 0.15) is 6.07 Å². The molecule has 2 aromatic heterocycles. The molecule has 28 heavy (non-hydrogen) atoms. The molecule has 4 aromatic rings. The van der Waals surface area contributed by atoms with Gasteiger partial charge in [-0.15, -0.1) is 0 Å². The summed E-state index contributed by atoms with van der Waals surface area (Å²) in [6.45, 7) is 4.73. The summed E-state index contributed by atoms with van der Waals surface area (Å²) in [6, 6.07) is 16.0. The molecular formula is C22H18ClN5. The van der Waals surface area contributed by atoms with Gasteiger partial charge in [0.05, 0.1) is 29.2 Å². The van der Waals surface area contributed by atoms with Crippen molar-refractivity contribution in [2.45, 2.75) is 20.4 Å². The van der Waals surface area contributed by atoms with E-state index in [0.717, 1.165) is 28.2 Å². The molecule has 2 aromatic carbocycles. The third-order valence-corrected chi connectivity index (χ3v) is 5.14. The van der Waals surface area contributed by atoms with Gasteiger partial charge in [0.15, 0.2) is 0 Å². The minimum absolute atomic E-state index is 0.460. The van der Waals surface area contributed by atoms with Crippen LogP contribution in [-0.2, 0) is 6.54 Å². The van der Waals surface area contributed by atoms with Crippen LogP contribution in [0.5, 0.6) is 0 Å². The van der Waals surface area contributed by atoms with E-state index in [2.05, 4.69) is 42.2 Å². The summed E-state index contributed by atoms with van der Waals surface area (Å²) >= 11 is 6.22. The fourth-order valence-electron chi connectivity index (χ4n) is 3.39. The average Bonchev–Trinajstić information content (AvgIpc) is 3.31. The molecule has 0 spiro atoms. The van der Waals surface area contributed by atoms with Gasteiger partial charge in [-0.25, -0.2) is 4.98 Å². The van der Waals surface area contributed by atoms with Crippen molar-refractivity contribution in [3.05, 3.63) is 88.7 Å². The van der Waals surface area contributed by atoms with Crippen LogP contribution in [0.15, 0.2) is 61.2 Å². The molecule has 0 atom stereocenters. The van der Waals surface area contributed by atoms with E-state index in [1.165, 1.54) is 5.56 Å². The SMILES string of the molecule is Cc1nn(Cc2ccc(-n3ccnc3)cc2)c(C)c1-c1ccc(C#N)c(Cl)c1. The summed E-state index contributed by atoms with van der Waals surface area (Å²) in [4.78, 5) is 4.08. The Balaban J connectivity index is 1.63. The van der Waals surface area contributed by atoms with Crippen molar-refractivity contribution in [3.8, 4) is 22.9 Å². The lowest BCUT2D eigenvalue weighted by Crippen LogP contribution is -2.04. The minimum Gasteiger partial charge on any atom is -0.306 e. The lowest BCUT2D eigenvalue weighted by molar-refractivity contribution is 0.659. The first kappa shape index (κ1) is 18.0. The number of nitrogens with zero attached hydrogens (tertiary/aromatic N) is 5. The molecule has 0 N–H and O–H groups in total. The zero-order valence-corrected chi connectivity index (χ0v) is 16.4. The van der Waals surface area contributed by atoms with Gasteiger partial charge in [0.2, 0.25) is 0 Å². The van der Waals surface area contributed by atoms with Crippen molar-refractivity contribution in [1.29, 1.82) is 5.26 Å². The summed E-state index contributed by atoms with van der Waals surface area (Å²) in [6.07, 6.45) is 5.47. The first-order chi connectivity index (χ1) is 13.6. The Morgan fingerprint density at radius 2 is 1.89 bits per heavy atom. The second-order valence-corrected chi connectivity index (χ2v) is 7.05. The van der Waals surface area contributed by atoms with Gasteiger partial charge in [0.25, 0.3) is 0 Å². The molecule has 138 valence electrons. The first-order valence-electron chi connectivity index (χ1n) is 8.88. The van der Waals surface area contributed by atoms with E-state index < -0.39 is 0 Å². The number of benzene rings is 2. The highest BCUT2D eigenvalue weighted by atomic mass is 35.5. The zero-order valence-electron chi connectivity index (χ0n) is 15.6. The monoisotopic (exact) mass is 387 g/mol. The van der Waals surface area contributed by atoms with Gasteiger partial charge in [-0.1, -0.05) is 29.8 Å². The van der Waals surface area contributed by atoms with Crippen LogP contribution in [0.25, 0.3) is 16.8 Å². The number of hydrogen-bond acceptors (Lipinski definition) is 3. The van der Waals surface area contributed by atoms with Gasteiger partial charge in [-0.2, -0.15) is 10.4 Å². The molecular weight excluding hydrogens is 370 g/mol. The van der Waals surface area contributed by atoms with Crippen molar-refractivity contribution in [2.24, 2.45) is 0 Å². The summed E-state index contributed by atoms with van der Waals surface area (Å²) in [5.41, 5.74) is 6.75. The van der Waals surface area contributed by atoms with Gasteiger partial charge in [-0.3, -0.25) is 4.68 Å². The van der Waals surface area contributed by atoms with Crippen molar-refractivity contribution >= 4 is 11.6 Å². The Kier molecular flexibility index (Phi) is 4.72. The predicted octanol–water partition coefficient (Wildman–Crippen LogP) is 4.93. The number of aryl methyl sites for hydroxylation is 1. The van der Waals surface area contributed by atoms with Crippen LogP contribution < -0.4 is 0 Å². The number of rotatable bonds is 4. The average molecular weight is 388 g/mol. The highest BCUT2D eigenvalue weighted by Gasteiger charge is 2.15. The van der Waals surface area contributed by atoms with Crippen molar-refractivity contribution in [3.63, 3.8) is 0 Å². The Labute approximate surface area is 168 Å². The fourth-order valence-corrected chi connectivity index (χ4v) is 3.61. The third-order valence-electron chi connectivity index (χ3n) is 4.83. The summed E-state index contributed by atoms with van der Waals surface area (Å²) in [5, 5.41) is 14.3. The van der Waals surface area contributed by atoms with Gasteiger partial charge < -0.3 is 4.57 Å². The molecule has 0 aliphatic rings. The molecule has 0 amide bonds. The first-order valence-corrected chi connectivity index (χ1v) is 9.26. The van der Waals surface area contributed by atoms with E-state index in [0.29, 0.717) is 17.1 Å². The highest BCUT2D eigenvalue weighted by Crippen LogP contribution is 2.30. The number of imidazole rings is 1. The molecule has 0 saturated heterocycles. The molecule has 0 fully saturated rings.